The summed E-state index contributed by atoms with van der Waals surface area (Å²) in [4.78, 5) is 46.4. The van der Waals surface area contributed by atoms with Gasteiger partial charge in [-0.15, -0.1) is 0 Å². The summed E-state index contributed by atoms with van der Waals surface area (Å²) in [6.07, 6.45) is 7.03. The second-order valence-corrected chi connectivity index (χ2v) is 10.4. The van der Waals surface area contributed by atoms with Crippen LogP contribution >= 0.6 is 0 Å². The van der Waals surface area contributed by atoms with Gasteiger partial charge in [0.2, 0.25) is 17.7 Å². The third-order valence-electron chi connectivity index (χ3n) is 7.53. The van der Waals surface area contributed by atoms with Crippen molar-refractivity contribution in [2.24, 2.45) is 0 Å². The lowest BCUT2D eigenvalue weighted by Crippen LogP contribution is -2.47. The van der Waals surface area contributed by atoms with Crippen molar-refractivity contribution in [2.45, 2.75) is 63.5 Å². The first kappa shape index (κ1) is 31.3. The molecule has 43 heavy (non-hydrogen) atoms. The summed E-state index contributed by atoms with van der Waals surface area (Å²) in [5, 5.41) is 5.96. The number of carbonyl (C=O) groups is 3. The molecule has 10 nitrogen and oxygen atoms in total. The van der Waals surface area contributed by atoms with E-state index < -0.39 is 6.04 Å². The number of aromatic nitrogens is 1. The second-order valence-electron chi connectivity index (χ2n) is 10.4. The van der Waals surface area contributed by atoms with Gasteiger partial charge >= 0.3 is 0 Å². The summed E-state index contributed by atoms with van der Waals surface area (Å²) in [5.74, 6) is 1.15. The Bertz CT molecular complexity index is 1360. The van der Waals surface area contributed by atoms with Crippen molar-refractivity contribution in [1.29, 1.82) is 0 Å². The van der Waals surface area contributed by atoms with E-state index >= 15 is 0 Å². The number of anilines is 2. The minimum atomic E-state index is -0.995. The Balaban J connectivity index is 1.66. The molecule has 2 aromatic carbocycles. The van der Waals surface area contributed by atoms with E-state index in [1.807, 2.05) is 0 Å². The van der Waals surface area contributed by atoms with Gasteiger partial charge in [-0.3, -0.25) is 19.3 Å². The number of pyridine rings is 1. The van der Waals surface area contributed by atoms with Crippen LogP contribution in [0.2, 0.25) is 0 Å². The molecule has 4 rings (SSSR count). The summed E-state index contributed by atoms with van der Waals surface area (Å²) in [6, 6.07) is 16.5. The molecular formula is C33H40N4O6. The number of hydrogen-bond acceptors (Lipinski definition) is 7. The second kappa shape index (κ2) is 15.6. The Labute approximate surface area is 252 Å². The molecule has 1 aromatic heterocycles. The molecule has 0 unspecified atom stereocenters. The molecule has 1 aliphatic carbocycles. The molecule has 1 heterocycles. The molecule has 1 aliphatic rings. The molecule has 0 aliphatic heterocycles. The van der Waals surface area contributed by atoms with E-state index in [1.165, 1.54) is 12.0 Å². The standard InChI is InChI=1S/C33H40N4O6/c1-41-25-17-15-23(16-18-25)32(33(40)35-24-10-5-4-6-11-24)37(27-20-19-26(42-2)22-28(27)43-3)31(39)14-9-13-30(38)36-29-12-7-8-21-34-29/h7-8,12,15-22,24,32H,4-6,9-11,13-14H2,1-3H3,(H,35,40)(H,34,36,38)/t32-/m0/s1. The molecule has 0 saturated heterocycles. The van der Waals surface area contributed by atoms with Crippen molar-refractivity contribution in [1.82, 2.24) is 10.3 Å². The fourth-order valence-corrected chi connectivity index (χ4v) is 5.29. The molecule has 0 bridgehead atoms. The number of carbonyl (C=O) groups excluding carboxylic acids is 3. The first-order valence-electron chi connectivity index (χ1n) is 14.6. The Kier molecular flexibility index (Phi) is 11.4. The number of hydrogen-bond donors (Lipinski definition) is 2. The van der Waals surface area contributed by atoms with Crippen LogP contribution in [0.4, 0.5) is 11.5 Å². The molecule has 10 heteroatoms. The highest BCUT2D eigenvalue weighted by molar-refractivity contribution is 6.02. The average Bonchev–Trinajstić information content (AvgIpc) is 3.04. The lowest BCUT2D eigenvalue weighted by Gasteiger charge is -2.34. The van der Waals surface area contributed by atoms with Crippen LogP contribution in [-0.2, 0) is 14.4 Å². The van der Waals surface area contributed by atoms with Gasteiger partial charge in [-0.2, -0.15) is 0 Å². The smallest absolute Gasteiger partial charge is 0.248 e. The molecule has 3 amide bonds. The third-order valence-corrected chi connectivity index (χ3v) is 7.53. The quantitative estimate of drug-likeness (QED) is 0.273. The predicted octanol–water partition coefficient (Wildman–Crippen LogP) is 5.44. The van der Waals surface area contributed by atoms with Crippen molar-refractivity contribution in [3.8, 4) is 17.2 Å². The molecule has 1 atom stereocenters. The molecule has 1 saturated carbocycles. The van der Waals surface area contributed by atoms with Crippen LogP contribution in [0.3, 0.4) is 0 Å². The maximum absolute atomic E-state index is 14.1. The zero-order valence-electron chi connectivity index (χ0n) is 25.0. The summed E-state index contributed by atoms with van der Waals surface area (Å²) >= 11 is 0. The number of rotatable bonds is 13. The van der Waals surface area contributed by atoms with Gasteiger partial charge in [-0.25, -0.2) is 4.98 Å². The SMILES string of the molecule is COc1ccc([C@@H](C(=O)NC2CCCCC2)N(C(=O)CCCC(=O)Nc2ccccn2)c2ccc(OC)cc2OC)cc1. The van der Waals surface area contributed by atoms with Crippen molar-refractivity contribution in [3.63, 3.8) is 0 Å². The zero-order valence-corrected chi connectivity index (χ0v) is 25.0. The summed E-state index contributed by atoms with van der Waals surface area (Å²) in [7, 11) is 4.63. The topological polar surface area (TPSA) is 119 Å². The van der Waals surface area contributed by atoms with Gasteiger partial charge in [0.25, 0.3) is 0 Å². The van der Waals surface area contributed by atoms with Gasteiger partial charge < -0.3 is 24.8 Å². The maximum atomic E-state index is 14.1. The summed E-state index contributed by atoms with van der Waals surface area (Å²) in [5.41, 5.74) is 1.04. The molecule has 0 spiro atoms. The van der Waals surface area contributed by atoms with Gasteiger partial charge in [-0.1, -0.05) is 37.5 Å². The molecular weight excluding hydrogens is 548 g/mol. The van der Waals surface area contributed by atoms with Crippen LogP contribution < -0.4 is 29.7 Å². The Morgan fingerprint density at radius 2 is 1.60 bits per heavy atom. The highest BCUT2D eigenvalue weighted by Gasteiger charge is 2.35. The Hall–Kier alpha value is -4.60. The van der Waals surface area contributed by atoms with E-state index in [4.69, 9.17) is 14.2 Å². The van der Waals surface area contributed by atoms with Gasteiger partial charge in [0.1, 0.15) is 29.1 Å². The average molecular weight is 589 g/mol. The lowest BCUT2D eigenvalue weighted by atomic mass is 9.94. The highest BCUT2D eigenvalue weighted by Crippen LogP contribution is 2.38. The molecule has 2 N–H and O–H groups in total. The maximum Gasteiger partial charge on any atom is 0.248 e. The minimum absolute atomic E-state index is 0.0220. The van der Waals surface area contributed by atoms with Crippen molar-refractivity contribution < 1.29 is 28.6 Å². The number of ether oxygens (including phenoxy) is 3. The van der Waals surface area contributed by atoms with Crippen LogP contribution in [0.1, 0.15) is 63.0 Å². The fraction of sp³-hybridized carbons (Fsp3) is 0.394. The Morgan fingerprint density at radius 3 is 2.26 bits per heavy atom. The molecule has 228 valence electrons. The van der Waals surface area contributed by atoms with E-state index in [0.717, 1.165) is 32.1 Å². The van der Waals surface area contributed by atoms with Crippen LogP contribution in [0, 0.1) is 0 Å². The van der Waals surface area contributed by atoms with E-state index in [2.05, 4.69) is 15.6 Å². The largest absolute Gasteiger partial charge is 0.497 e. The summed E-state index contributed by atoms with van der Waals surface area (Å²) < 4.78 is 16.4. The molecule has 3 aromatic rings. The number of benzene rings is 2. The van der Waals surface area contributed by atoms with Gasteiger partial charge in [0.15, 0.2) is 0 Å². The first-order chi connectivity index (χ1) is 20.9. The zero-order chi connectivity index (χ0) is 30.6. The number of nitrogens with one attached hydrogen (secondary N) is 2. The van der Waals surface area contributed by atoms with Crippen LogP contribution in [0.5, 0.6) is 17.2 Å². The monoisotopic (exact) mass is 588 g/mol. The van der Waals surface area contributed by atoms with Crippen molar-refractivity contribution in [3.05, 3.63) is 72.4 Å². The normalized spacial score (nSPS) is 13.8. The number of methoxy groups -OCH3 is 3. The van der Waals surface area contributed by atoms with Crippen molar-refractivity contribution >= 4 is 29.2 Å². The molecule has 0 radical (unpaired) electrons. The van der Waals surface area contributed by atoms with Gasteiger partial charge in [0.05, 0.1) is 27.0 Å². The third kappa shape index (κ3) is 8.47. The van der Waals surface area contributed by atoms with E-state index in [9.17, 15) is 14.4 Å². The number of nitrogens with zero attached hydrogens (tertiary/aromatic N) is 2. The summed E-state index contributed by atoms with van der Waals surface area (Å²) in [6.45, 7) is 0. The Morgan fingerprint density at radius 1 is 0.884 bits per heavy atom. The van der Waals surface area contributed by atoms with E-state index in [-0.39, 0.29) is 43.0 Å². The highest BCUT2D eigenvalue weighted by atomic mass is 16.5. The fourth-order valence-electron chi connectivity index (χ4n) is 5.29. The van der Waals surface area contributed by atoms with E-state index in [1.54, 1.807) is 81.1 Å². The van der Waals surface area contributed by atoms with Crippen LogP contribution in [0.25, 0.3) is 0 Å². The lowest BCUT2D eigenvalue weighted by molar-refractivity contribution is -0.127. The number of amides is 3. The van der Waals surface area contributed by atoms with E-state index in [0.29, 0.717) is 34.3 Å². The minimum Gasteiger partial charge on any atom is -0.497 e. The van der Waals surface area contributed by atoms with Crippen LogP contribution in [-0.4, -0.2) is 50.1 Å². The predicted molar refractivity (Wildman–Crippen MR) is 165 cm³/mol. The van der Waals surface area contributed by atoms with Crippen LogP contribution in [0.15, 0.2) is 66.9 Å². The first-order valence-corrected chi connectivity index (χ1v) is 14.6. The molecule has 1 fully saturated rings. The van der Waals surface area contributed by atoms with Gasteiger partial charge in [-0.05, 0) is 61.2 Å². The van der Waals surface area contributed by atoms with Crippen molar-refractivity contribution in [2.75, 3.05) is 31.5 Å². The van der Waals surface area contributed by atoms with Gasteiger partial charge in [0, 0.05) is 31.1 Å².